The summed E-state index contributed by atoms with van der Waals surface area (Å²) in [4.78, 5) is 0. The third kappa shape index (κ3) is 3.74. The Kier molecular flexibility index (Phi) is 5.11. The van der Waals surface area contributed by atoms with Crippen LogP contribution in [0.5, 0.6) is 0 Å². The molecule has 1 aromatic rings. The highest BCUT2D eigenvalue weighted by Crippen LogP contribution is 2.38. The Morgan fingerprint density at radius 2 is 2.17 bits per heavy atom. The van der Waals surface area contributed by atoms with Crippen LogP contribution in [-0.4, -0.2) is 5.11 Å². The highest BCUT2D eigenvalue weighted by molar-refractivity contribution is 5.52. The predicted molar refractivity (Wildman–Crippen MR) is 95.5 cm³/mol. The largest absolute Gasteiger partial charge is 0.508 e. The number of aliphatic hydroxyl groups is 1. The second kappa shape index (κ2) is 6.87. The van der Waals surface area contributed by atoms with E-state index < -0.39 is 0 Å². The second-order valence-electron chi connectivity index (χ2n) is 6.75. The number of aryl methyl sites for hydroxylation is 1. The highest BCUT2D eigenvalue weighted by Gasteiger charge is 2.29. The lowest BCUT2D eigenvalue weighted by Crippen LogP contribution is -2.23. The summed E-state index contributed by atoms with van der Waals surface area (Å²) in [6.07, 6.45) is 9.13. The van der Waals surface area contributed by atoms with Gasteiger partial charge in [0.2, 0.25) is 0 Å². The molecule has 2 nitrogen and oxygen atoms in total. The number of allylic oxidation sites excluding steroid dienone is 4. The SMILES string of the molecule is C=C(C)Cc1c(C#N)cc(CCC)cc1C1(C)C=CC(O)=CC1. The normalized spacial score (nSPS) is 20.0. The average molecular weight is 307 g/mol. The first-order chi connectivity index (χ1) is 10.9. The molecular formula is C21H25NO. The van der Waals surface area contributed by atoms with E-state index in [9.17, 15) is 10.4 Å². The third-order valence-electron chi connectivity index (χ3n) is 4.42. The van der Waals surface area contributed by atoms with Crippen LogP contribution in [-0.2, 0) is 18.3 Å². The van der Waals surface area contributed by atoms with Crippen molar-refractivity contribution in [3.05, 3.63) is 70.5 Å². The van der Waals surface area contributed by atoms with Crippen LogP contribution in [0, 0.1) is 11.3 Å². The monoisotopic (exact) mass is 307 g/mol. The molecule has 0 heterocycles. The molecule has 1 aliphatic carbocycles. The molecule has 0 saturated carbocycles. The van der Waals surface area contributed by atoms with Crippen molar-refractivity contribution in [3.8, 4) is 6.07 Å². The standard InChI is InChI=1S/C21H25NO/c1-5-6-16-12-17(14-22)19(11-15(2)3)20(13-16)21(4)9-7-18(23)8-10-21/h7-9,12-13,23H,2,5-6,10-11H2,1,3-4H3. The van der Waals surface area contributed by atoms with E-state index >= 15 is 0 Å². The van der Waals surface area contributed by atoms with Gasteiger partial charge in [-0.1, -0.05) is 44.6 Å². The summed E-state index contributed by atoms with van der Waals surface area (Å²) in [6.45, 7) is 10.3. The quantitative estimate of drug-likeness (QED) is 0.751. The van der Waals surface area contributed by atoms with Crippen molar-refractivity contribution in [2.45, 2.75) is 51.9 Å². The number of hydrogen-bond acceptors (Lipinski definition) is 2. The van der Waals surface area contributed by atoms with E-state index in [1.807, 2.05) is 19.1 Å². The molecule has 23 heavy (non-hydrogen) atoms. The van der Waals surface area contributed by atoms with Gasteiger partial charge in [0, 0.05) is 5.41 Å². The summed E-state index contributed by atoms with van der Waals surface area (Å²) < 4.78 is 0. The van der Waals surface area contributed by atoms with Crippen LogP contribution < -0.4 is 0 Å². The Balaban J connectivity index is 2.63. The van der Waals surface area contributed by atoms with Gasteiger partial charge in [-0.05, 0) is 61.1 Å². The molecule has 0 amide bonds. The molecule has 2 heteroatoms. The molecule has 1 atom stereocenters. The zero-order valence-electron chi connectivity index (χ0n) is 14.3. The van der Waals surface area contributed by atoms with E-state index in [0.717, 1.165) is 36.0 Å². The maximum absolute atomic E-state index is 9.65. The number of benzene rings is 1. The van der Waals surface area contributed by atoms with Gasteiger partial charge in [0.05, 0.1) is 11.6 Å². The van der Waals surface area contributed by atoms with Gasteiger partial charge in [-0.15, -0.1) is 0 Å². The summed E-state index contributed by atoms with van der Waals surface area (Å²) in [5.41, 5.74) is 5.06. The van der Waals surface area contributed by atoms with E-state index in [1.54, 1.807) is 6.08 Å². The molecule has 2 rings (SSSR count). The van der Waals surface area contributed by atoms with Crippen LogP contribution in [0.1, 0.15) is 55.9 Å². The first kappa shape index (κ1) is 17.1. The molecule has 120 valence electrons. The minimum Gasteiger partial charge on any atom is -0.508 e. The lowest BCUT2D eigenvalue weighted by Gasteiger charge is -2.31. The van der Waals surface area contributed by atoms with Gasteiger partial charge in [-0.2, -0.15) is 5.26 Å². The van der Waals surface area contributed by atoms with Gasteiger partial charge < -0.3 is 5.11 Å². The fourth-order valence-electron chi connectivity index (χ4n) is 3.19. The zero-order valence-corrected chi connectivity index (χ0v) is 14.3. The summed E-state index contributed by atoms with van der Waals surface area (Å²) in [5, 5.41) is 19.3. The molecule has 0 radical (unpaired) electrons. The van der Waals surface area contributed by atoms with Crippen molar-refractivity contribution in [2.24, 2.45) is 0 Å². The van der Waals surface area contributed by atoms with E-state index in [-0.39, 0.29) is 5.41 Å². The number of aliphatic hydroxyl groups excluding tert-OH is 1. The molecule has 1 unspecified atom stereocenters. The lowest BCUT2D eigenvalue weighted by atomic mass is 9.72. The van der Waals surface area contributed by atoms with Gasteiger partial charge >= 0.3 is 0 Å². The van der Waals surface area contributed by atoms with Crippen LogP contribution in [0.4, 0.5) is 0 Å². The Morgan fingerprint density at radius 1 is 1.43 bits per heavy atom. The maximum Gasteiger partial charge on any atom is 0.111 e. The molecule has 0 bridgehead atoms. The average Bonchev–Trinajstić information content (AvgIpc) is 2.51. The fourth-order valence-corrected chi connectivity index (χ4v) is 3.19. The first-order valence-corrected chi connectivity index (χ1v) is 8.18. The smallest absolute Gasteiger partial charge is 0.111 e. The Bertz CT molecular complexity index is 718. The first-order valence-electron chi connectivity index (χ1n) is 8.18. The second-order valence-corrected chi connectivity index (χ2v) is 6.75. The highest BCUT2D eigenvalue weighted by atomic mass is 16.3. The van der Waals surface area contributed by atoms with Crippen molar-refractivity contribution in [2.75, 3.05) is 0 Å². The number of nitrogens with zero attached hydrogens (tertiary/aromatic N) is 1. The van der Waals surface area contributed by atoms with Crippen LogP contribution in [0.2, 0.25) is 0 Å². The lowest BCUT2D eigenvalue weighted by molar-refractivity contribution is 0.416. The summed E-state index contributed by atoms with van der Waals surface area (Å²) >= 11 is 0. The van der Waals surface area contributed by atoms with Gasteiger partial charge in [0.1, 0.15) is 5.76 Å². The predicted octanol–water partition coefficient (Wildman–Crippen LogP) is 5.29. The molecule has 0 aromatic heterocycles. The van der Waals surface area contributed by atoms with E-state index in [4.69, 9.17) is 0 Å². The van der Waals surface area contributed by atoms with Gasteiger partial charge in [0.25, 0.3) is 0 Å². The van der Waals surface area contributed by atoms with Crippen molar-refractivity contribution >= 4 is 0 Å². The molecule has 1 aliphatic rings. The minimum atomic E-state index is -0.202. The Labute approximate surface area is 139 Å². The molecule has 1 aromatic carbocycles. The number of nitriles is 1. The molecule has 0 aliphatic heterocycles. The van der Waals surface area contributed by atoms with E-state index in [2.05, 4.69) is 38.6 Å². The van der Waals surface area contributed by atoms with Crippen molar-refractivity contribution in [1.29, 1.82) is 5.26 Å². The third-order valence-corrected chi connectivity index (χ3v) is 4.42. The maximum atomic E-state index is 9.65. The van der Waals surface area contributed by atoms with Gasteiger partial charge in [0.15, 0.2) is 0 Å². The Morgan fingerprint density at radius 3 is 2.70 bits per heavy atom. The van der Waals surface area contributed by atoms with Crippen molar-refractivity contribution in [1.82, 2.24) is 0 Å². The van der Waals surface area contributed by atoms with E-state index in [1.165, 1.54) is 11.1 Å². The van der Waals surface area contributed by atoms with Gasteiger partial charge in [-0.3, -0.25) is 0 Å². The molecular weight excluding hydrogens is 282 g/mol. The van der Waals surface area contributed by atoms with Gasteiger partial charge in [-0.25, -0.2) is 0 Å². The molecule has 0 saturated heterocycles. The molecule has 0 spiro atoms. The van der Waals surface area contributed by atoms with Crippen LogP contribution >= 0.6 is 0 Å². The van der Waals surface area contributed by atoms with Crippen LogP contribution in [0.3, 0.4) is 0 Å². The van der Waals surface area contributed by atoms with Crippen molar-refractivity contribution < 1.29 is 5.11 Å². The number of rotatable bonds is 5. The summed E-state index contributed by atoms with van der Waals surface area (Å²) in [6, 6.07) is 6.64. The summed E-state index contributed by atoms with van der Waals surface area (Å²) in [7, 11) is 0. The Hall–Kier alpha value is -2.27. The minimum absolute atomic E-state index is 0.202. The molecule has 1 N–H and O–H groups in total. The summed E-state index contributed by atoms with van der Waals surface area (Å²) in [5.74, 6) is 0.314. The fraction of sp³-hybridized carbons (Fsp3) is 0.381. The molecule has 0 fully saturated rings. The van der Waals surface area contributed by atoms with Crippen molar-refractivity contribution in [3.63, 3.8) is 0 Å². The topological polar surface area (TPSA) is 44.0 Å². The van der Waals surface area contributed by atoms with Crippen LogP contribution in [0.25, 0.3) is 0 Å². The van der Waals surface area contributed by atoms with Crippen LogP contribution in [0.15, 0.2) is 48.3 Å². The zero-order chi connectivity index (χ0) is 17.0. The van der Waals surface area contributed by atoms with E-state index in [0.29, 0.717) is 12.2 Å². The number of hydrogen-bond donors (Lipinski definition) is 1.